The highest BCUT2D eigenvalue weighted by atomic mass is 15.3. The molecule has 0 unspecified atom stereocenters. The van der Waals surface area contributed by atoms with E-state index in [9.17, 15) is 0 Å². The first-order valence-electron chi connectivity index (χ1n) is 6.26. The summed E-state index contributed by atoms with van der Waals surface area (Å²) >= 11 is 0. The van der Waals surface area contributed by atoms with Crippen LogP contribution in [-0.2, 0) is 0 Å². The fraction of sp³-hybridized carbons (Fsp3) is 0.667. The average Bonchev–Trinajstić information content (AvgIpc) is 3.03. The molecule has 0 spiro atoms. The third-order valence-corrected chi connectivity index (χ3v) is 3.45. The third kappa shape index (κ3) is 1.84. The zero-order valence-corrected chi connectivity index (χ0v) is 9.60. The van der Waals surface area contributed by atoms with Gasteiger partial charge in [0.25, 0.3) is 0 Å². The molecule has 3 heterocycles. The molecular formula is C12H18N4. The molecule has 1 aromatic heterocycles. The van der Waals surface area contributed by atoms with Crippen molar-refractivity contribution in [3.05, 3.63) is 12.3 Å². The van der Waals surface area contributed by atoms with Crippen molar-refractivity contribution >= 4 is 11.8 Å². The van der Waals surface area contributed by atoms with Crippen LogP contribution >= 0.6 is 0 Å². The molecule has 0 aliphatic carbocycles. The summed E-state index contributed by atoms with van der Waals surface area (Å²) in [5, 5.41) is 0. The van der Waals surface area contributed by atoms with Crippen molar-refractivity contribution in [1.82, 2.24) is 9.97 Å². The number of anilines is 2. The van der Waals surface area contributed by atoms with Gasteiger partial charge in [0.2, 0.25) is 5.95 Å². The van der Waals surface area contributed by atoms with E-state index < -0.39 is 0 Å². The van der Waals surface area contributed by atoms with E-state index in [0.717, 1.165) is 37.9 Å². The monoisotopic (exact) mass is 218 g/mol. The summed E-state index contributed by atoms with van der Waals surface area (Å²) in [5.41, 5.74) is 0. The predicted octanol–water partition coefficient (Wildman–Crippen LogP) is 1.68. The Labute approximate surface area is 96.3 Å². The SMILES string of the molecule is c1cc(N2CCCC2)nc(N2CCCC2)n1. The molecule has 0 saturated carbocycles. The second-order valence-corrected chi connectivity index (χ2v) is 4.60. The Kier molecular flexibility index (Phi) is 2.64. The van der Waals surface area contributed by atoms with Crippen LogP contribution in [0, 0.1) is 0 Å². The van der Waals surface area contributed by atoms with E-state index >= 15 is 0 Å². The van der Waals surface area contributed by atoms with Gasteiger partial charge < -0.3 is 9.80 Å². The minimum absolute atomic E-state index is 0.918. The summed E-state index contributed by atoms with van der Waals surface area (Å²) in [6.07, 6.45) is 7.04. The maximum absolute atomic E-state index is 4.68. The van der Waals surface area contributed by atoms with Crippen LogP contribution in [0.1, 0.15) is 25.7 Å². The molecule has 0 atom stereocenters. The van der Waals surface area contributed by atoms with Crippen molar-refractivity contribution in [3.63, 3.8) is 0 Å². The lowest BCUT2D eigenvalue weighted by Crippen LogP contribution is -2.23. The van der Waals surface area contributed by atoms with Crippen LogP contribution in [0.4, 0.5) is 11.8 Å². The van der Waals surface area contributed by atoms with Crippen LogP contribution in [-0.4, -0.2) is 36.1 Å². The zero-order chi connectivity index (χ0) is 10.8. The van der Waals surface area contributed by atoms with Gasteiger partial charge in [0.1, 0.15) is 5.82 Å². The van der Waals surface area contributed by atoms with E-state index in [-0.39, 0.29) is 0 Å². The van der Waals surface area contributed by atoms with Crippen LogP contribution in [0.15, 0.2) is 12.3 Å². The summed E-state index contributed by atoms with van der Waals surface area (Å²) in [5.74, 6) is 2.02. The van der Waals surface area contributed by atoms with E-state index in [2.05, 4.69) is 19.8 Å². The van der Waals surface area contributed by atoms with E-state index in [1.807, 2.05) is 12.3 Å². The van der Waals surface area contributed by atoms with E-state index in [1.165, 1.54) is 25.7 Å². The van der Waals surface area contributed by atoms with Crippen LogP contribution in [0.25, 0.3) is 0 Å². The lowest BCUT2D eigenvalue weighted by atomic mass is 10.4. The van der Waals surface area contributed by atoms with Crippen LogP contribution in [0.5, 0.6) is 0 Å². The molecule has 1 aromatic rings. The zero-order valence-electron chi connectivity index (χ0n) is 9.60. The van der Waals surface area contributed by atoms with Gasteiger partial charge in [-0.2, -0.15) is 4.98 Å². The molecule has 2 saturated heterocycles. The Balaban J connectivity index is 1.81. The van der Waals surface area contributed by atoms with Gasteiger partial charge >= 0.3 is 0 Å². The maximum atomic E-state index is 4.68. The molecule has 0 bridgehead atoms. The van der Waals surface area contributed by atoms with Gasteiger partial charge in [0.05, 0.1) is 0 Å². The Hall–Kier alpha value is -1.32. The molecule has 2 aliphatic rings. The van der Waals surface area contributed by atoms with Crippen LogP contribution in [0.2, 0.25) is 0 Å². The van der Waals surface area contributed by atoms with Crippen molar-refractivity contribution in [2.24, 2.45) is 0 Å². The fourth-order valence-corrected chi connectivity index (χ4v) is 2.53. The molecular weight excluding hydrogens is 200 g/mol. The number of aromatic nitrogens is 2. The molecule has 2 fully saturated rings. The summed E-state index contributed by atoms with van der Waals surface area (Å²) in [6, 6.07) is 2.03. The number of rotatable bonds is 2. The van der Waals surface area contributed by atoms with Crippen LogP contribution in [0.3, 0.4) is 0 Å². The van der Waals surface area contributed by atoms with Gasteiger partial charge in [-0.25, -0.2) is 4.98 Å². The normalized spacial score (nSPS) is 20.8. The van der Waals surface area contributed by atoms with Crippen molar-refractivity contribution < 1.29 is 0 Å². The highest BCUT2D eigenvalue weighted by Crippen LogP contribution is 2.21. The minimum Gasteiger partial charge on any atom is -0.356 e. The summed E-state index contributed by atoms with van der Waals surface area (Å²) in [6.45, 7) is 4.53. The Morgan fingerprint density at radius 3 is 2.19 bits per heavy atom. The van der Waals surface area contributed by atoms with Crippen molar-refractivity contribution in [3.8, 4) is 0 Å². The number of nitrogens with zero attached hydrogens (tertiary/aromatic N) is 4. The molecule has 0 aromatic carbocycles. The van der Waals surface area contributed by atoms with Gasteiger partial charge in [0.15, 0.2) is 0 Å². The van der Waals surface area contributed by atoms with Gasteiger partial charge in [0, 0.05) is 32.4 Å². The summed E-state index contributed by atoms with van der Waals surface area (Å²) in [4.78, 5) is 13.7. The molecule has 4 heteroatoms. The van der Waals surface area contributed by atoms with Gasteiger partial charge in [-0.05, 0) is 31.7 Å². The van der Waals surface area contributed by atoms with Gasteiger partial charge in [-0.3, -0.25) is 0 Å². The molecule has 2 aliphatic heterocycles. The van der Waals surface area contributed by atoms with Crippen molar-refractivity contribution in [2.45, 2.75) is 25.7 Å². The predicted molar refractivity (Wildman–Crippen MR) is 64.9 cm³/mol. The first kappa shape index (κ1) is 9.87. The first-order chi connectivity index (χ1) is 7.93. The quantitative estimate of drug-likeness (QED) is 0.756. The molecule has 16 heavy (non-hydrogen) atoms. The molecule has 0 N–H and O–H groups in total. The van der Waals surface area contributed by atoms with Gasteiger partial charge in [-0.1, -0.05) is 0 Å². The molecule has 86 valence electrons. The molecule has 3 rings (SSSR count). The Morgan fingerprint density at radius 1 is 0.875 bits per heavy atom. The third-order valence-electron chi connectivity index (χ3n) is 3.45. The fourth-order valence-electron chi connectivity index (χ4n) is 2.53. The van der Waals surface area contributed by atoms with Crippen molar-refractivity contribution in [2.75, 3.05) is 36.0 Å². The number of hydrogen-bond acceptors (Lipinski definition) is 4. The Morgan fingerprint density at radius 2 is 1.50 bits per heavy atom. The summed E-state index contributed by atoms with van der Waals surface area (Å²) in [7, 11) is 0. The lowest BCUT2D eigenvalue weighted by molar-refractivity contribution is 0.871. The second-order valence-electron chi connectivity index (χ2n) is 4.60. The van der Waals surface area contributed by atoms with Crippen molar-refractivity contribution in [1.29, 1.82) is 0 Å². The summed E-state index contributed by atoms with van der Waals surface area (Å²) < 4.78 is 0. The van der Waals surface area contributed by atoms with Crippen LogP contribution < -0.4 is 9.80 Å². The minimum atomic E-state index is 0.918. The lowest BCUT2D eigenvalue weighted by Gasteiger charge is -2.19. The van der Waals surface area contributed by atoms with E-state index in [4.69, 9.17) is 0 Å². The molecule has 0 amide bonds. The molecule has 4 nitrogen and oxygen atoms in total. The van der Waals surface area contributed by atoms with E-state index in [0.29, 0.717) is 0 Å². The number of hydrogen-bond donors (Lipinski definition) is 0. The first-order valence-corrected chi connectivity index (χ1v) is 6.26. The average molecular weight is 218 g/mol. The second kappa shape index (κ2) is 4.28. The standard InChI is InChI=1S/C12H18N4/c1-2-8-15(7-1)11-5-6-13-12(14-11)16-9-3-4-10-16/h5-6H,1-4,7-10H2. The van der Waals surface area contributed by atoms with Gasteiger partial charge in [-0.15, -0.1) is 0 Å². The maximum Gasteiger partial charge on any atom is 0.227 e. The highest BCUT2D eigenvalue weighted by molar-refractivity contribution is 5.44. The molecule has 0 radical (unpaired) electrons. The highest BCUT2D eigenvalue weighted by Gasteiger charge is 2.18. The van der Waals surface area contributed by atoms with E-state index in [1.54, 1.807) is 0 Å². The Bertz CT molecular complexity index is 323. The largest absolute Gasteiger partial charge is 0.356 e. The smallest absolute Gasteiger partial charge is 0.227 e. The topological polar surface area (TPSA) is 32.3 Å².